The summed E-state index contributed by atoms with van der Waals surface area (Å²) in [5.74, 6) is 0.542. The molecule has 0 radical (unpaired) electrons. The Hall–Kier alpha value is -2.40. The van der Waals surface area contributed by atoms with E-state index in [4.69, 9.17) is 0 Å². The maximum atomic E-state index is 12.8. The predicted octanol–water partition coefficient (Wildman–Crippen LogP) is 3.38. The third kappa shape index (κ3) is 3.74. The molecule has 1 aliphatic rings. The fourth-order valence-corrected chi connectivity index (χ4v) is 3.31. The maximum absolute atomic E-state index is 12.8. The van der Waals surface area contributed by atoms with Crippen LogP contribution >= 0.6 is 0 Å². The molecule has 126 valence electrons. The summed E-state index contributed by atoms with van der Waals surface area (Å²) >= 11 is 0. The smallest absolute Gasteiger partial charge is 0.323 e. The van der Waals surface area contributed by atoms with Crippen LogP contribution in [0, 0.1) is 0 Å². The van der Waals surface area contributed by atoms with Crippen LogP contribution in [-0.4, -0.2) is 34.2 Å². The summed E-state index contributed by atoms with van der Waals surface area (Å²) in [7, 11) is 0. The molecule has 0 saturated heterocycles. The number of benzene rings is 1. The molecule has 1 atom stereocenters. The van der Waals surface area contributed by atoms with Gasteiger partial charge in [-0.05, 0) is 48.9 Å². The largest absolute Gasteiger partial charge is 0.396 e. The van der Waals surface area contributed by atoms with Crippen molar-refractivity contribution >= 4 is 11.8 Å². The van der Waals surface area contributed by atoms with E-state index in [-0.39, 0.29) is 18.7 Å². The van der Waals surface area contributed by atoms with Crippen LogP contribution in [-0.2, 0) is 6.42 Å². The second kappa shape index (κ2) is 7.93. The zero-order chi connectivity index (χ0) is 16.8. The van der Waals surface area contributed by atoms with Gasteiger partial charge in [-0.25, -0.2) is 9.78 Å². The van der Waals surface area contributed by atoms with Crippen LogP contribution in [0.3, 0.4) is 0 Å². The second-order valence-electron chi connectivity index (χ2n) is 6.02. The average molecular weight is 325 g/mol. The Kier molecular flexibility index (Phi) is 5.43. The van der Waals surface area contributed by atoms with Crippen LogP contribution < -0.4 is 5.32 Å². The number of hydrogen-bond acceptors (Lipinski definition) is 3. The Balaban J connectivity index is 1.83. The molecule has 5 heteroatoms. The van der Waals surface area contributed by atoms with E-state index in [1.54, 1.807) is 12.3 Å². The number of carbonyl (C=O) groups is 1. The summed E-state index contributed by atoms with van der Waals surface area (Å²) in [5.41, 5.74) is 2.53. The minimum atomic E-state index is -0.163. The zero-order valence-electron chi connectivity index (χ0n) is 13.7. The minimum absolute atomic E-state index is 0.0465. The van der Waals surface area contributed by atoms with E-state index in [0.29, 0.717) is 18.8 Å². The van der Waals surface area contributed by atoms with Crippen LogP contribution in [0.4, 0.5) is 10.6 Å². The van der Waals surface area contributed by atoms with E-state index in [9.17, 15) is 9.90 Å². The molecule has 2 aromatic rings. The normalized spacial score (nSPS) is 16.3. The highest BCUT2D eigenvalue weighted by Crippen LogP contribution is 2.34. The van der Waals surface area contributed by atoms with Gasteiger partial charge in [0, 0.05) is 19.3 Å². The van der Waals surface area contributed by atoms with Gasteiger partial charge in [-0.3, -0.25) is 5.32 Å². The van der Waals surface area contributed by atoms with Crippen LogP contribution in [0.15, 0.2) is 48.7 Å². The van der Waals surface area contributed by atoms with Gasteiger partial charge in [0.25, 0.3) is 0 Å². The molecule has 0 bridgehead atoms. The van der Waals surface area contributed by atoms with Crippen LogP contribution in [0.1, 0.15) is 36.4 Å². The Morgan fingerprint density at radius 1 is 1.25 bits per heavy atom. The molecule has 1 heterocycles. The number of hydrogen-bond donors (Lipinski definition) is 2. The minimum Gasteiger partial charge on any atom is -0.396 e. The molecule has 0 saturated carbocycles. The van der Waals surface area contributed by atoms with E-state index in [2.05, 4.69) is 22.4 Å². The van der Waals surface area contributed by atoms with Crippen molar-refractivity contribution in [3.05, 3.63) is 59.8 Å². The molecule has 0 aliphatic heterocycles. The third-order valence-corrected chi connectivity index (χ3v) is 4.43. The fourth-order valence-electron chi connectivity index (χ4n) is 3.31. The molecule has 3 rings (SSSR count). The first-order valence-electron chi connectivity index (χ1n) is 8.47. The Labute approximate surface area is 142 Å². The molecule has 1 unspecified atom stereocenters. The van der Waals surface area contributed by atoms with E-state index in [1.165, 1.54) is 11.1 Å². The Morgan fingerprint density at radius 3 is 2.88 bits per heavy atom. The standard InChI is InChI=1S/C19H23N3O2/c23-14-6-13-22(19(24)21-18-11-3-4-12-20-18)17-10-5-8-15-7-1-2-9-16(15)17/h1-4,7,9,11-12,17,23H,5-6,8,10,13-14H2,(H,20,21,24). The van der Waals surface area contributed by atoms with Gasteiger partial charge < -0.3 is 10.0 Å². The van der Waals surface area contributed by atoms with Gasteiger partial charge >= 0.3 is 6.03 Å². The lowest BCUT2D eigenvalue weighted by molar-refractivity contribution is 0.169. The van der Waals surface area contributed by atoms with Crippen LogP contribution in [0.2, 0.25) is 0 Å². The number of pyridine rings is 1. The van der Waals surface area contributed by atoms with Crippen molar-refractivity contribution in [3.8, 4) is 0 Å². The lowest BCUT2D eigenvalue weighted by atomic mass is 9.87. The molecule has 2 N–H and O–H groups in total. The predicted molar refractivity (Wildman–Crippen MR) is 93.8 cm³/mol. The van der Waals surface area contributed by atoms with E-state index in [0.717, 1.165) is 19.3 Å². The number of amides is 2. The van der Waals surface area contributed by atoms with E-state index < -0.39 is 0 Å². The molecule has 5 nitrogen and oxygen atoms in total. The number of anilines is 1. The Morgan fingerprint density at radius 2 is 2.08 bits per heavy atom. The SMILES string of the molecule is O=C(Nc1ccccn1)N(CCCO)C1CCCc2ccccc21. The average Bonchev–Trinajstić information content (AvgIpc) is 2.63. The van der Waals surface area contributed by atoms with E-state index in [1.807, 2.05) is 29.2 Å². The number of carbonyl (C=O) groups excluding carboxylic acids is 1. The summed E-state index contributed by atoms with van der Waals surface area (Å²) in [6.45, 7) is 0.593. The maximum Gasteiger partial charge on any atom is 0.323 e. The van der Waals surface area contributed by atoms with Crippen molar-refractivity contribution in [3.63, 3.8) is 0 Å². The van der Waals surface area contributed by atoms with Gasteiger partial charge in [-0.1, -0.05) is 30.3 Å². The van der Waals surface area contributed by atoms with Crippen molar-refractivity contribution in [1.29, 1.82) is 0 Å². The highest BCUT2D eigenvalue weighted by atomic mass is 16.3. The number of aryl methyl sites for hydroxylation is 1. The van der Waals surface area contributed by atoms with Gasteiger partial charge in [0.05, 0.1) is 6.04 Å². The monoisotopic (exact) mass is 325 g/mol. The van der Waals surface area contributed by atoms with Crippen molar-refractivity contribution < 1.29 is 9.90 Å². The lowest BCUT2D eigenvalue weighted by Crippen LogP contribution is -2.40. The summed E-state index contributed by atoms with van der Waals surface area (Å²) < 4.78 is 0. The summed E-state index contributed by atoms with van der Waals surface area (Å²) in [6.07, 6.45) is 5.28. The van der Waals surface area contributed by atoms with Crippen molar-refractivity contribution in [1.82, 2.24) is 9.88 Å². The first-order valence-corrected chi connectivity index (χ1v) is 8.47. The molecule has 1 aromatic heterocycles. The second-order valence-corrected chi connectivity index (χ2v) is 6.02. The van der Waals surface area contributed by atoms with Crippen molar-refractivity contribution in [2.75, 3.05) is 18.5 Å². The number of aliphatic hydroxyl groups excluding tert-OH is 1. The molecule has 2 amide bonds. The van der Waals surface area contributed by atoms with E-state index >= 15 is 0 Å². The fraction of sp³-hybridized carbons (Fsp3) is 0.368. The zero-order valence-corrected chi connectivity index (χ0v) is 13.7. The highest BCUT2D eigenvalue weighted by Gasteiger charge is 2.29. The number of nitrogens with one attached hydrogen (secondary N) is 1. The molecule has 0 fully saturated rings. The number of aliphatic hydroxyl groups is 1. The lowest BCUT2D eigenvalue weighted by Gasteiger charge is -2.35. The van der Waals surface area contributed by atoms with Gasteiger partial charge in [0.15, 0.2) is 0 Å². The summed E-state index contributed by atoms with van der Waals surface area (Å²) in [6, 6.07) is 13.6. The molecular formula is C19H23N3O2. The molecule has 0 spiro atoms. The first-order chi connectivity index (χ1) is 11.8. The topological polar surface area (TPSA) is 65.5 Å². The highest BCUT2D eigenvalue weighted by molar-refractivity contribution is 5.88. The van der Waals surface area contributed by atoms with Crippen LogP contribution in [0.25, 0.3) is 0 Å². The molecule has 24 heavy (non-hydrogen) atoms. The molecule has 1 aliphatic carbocycles. The number of rotatable bonds is 5. The quantitative estimate of drug-likeness (QED) is 0.886. The van der Waals surface area contributed by atoms with Gasteiger partial charge in [0.1, 0.15) is 5.82 Å². The van der Waals surface area contributed by atoms with Gasteiger partial charge in [-0.2, -0.15) is 0 Å². The van der Waals surface area contributed by atoms with Crippen LogP contribution in [0.5, 0.6) is 0 Å². The number of urea groups is 1. The number of nitrogens with zero attached hydrogens (tertiary/aromatic N) is 2. The molecule has 1 aromatic carbocycles. The first kappa shape index (κ1) is 16.5. The van der Waals surface area contributed by atoms with Gasteiger partial charge in [-0.15, -0.1) is 0 Å². The van der Waals surface area contributed by atoms with Crippen molar-refractivity contribution in [2.45, 2.75) is 31.7 Å². The number of fused-ring (bicyclic) bond motifs is 1. The summed E-state index contributed by atoms with van der Waals surface area (Å²) in [4.78, 5) is 18.8. The summed E-state index contributed by atoms with van der Waals surface area (Å²) in [5, 5.41) is 12.1. The molecular weight excluding hydrogens is 302 g/mol. The van der Waals surface area contributed by atoms with Crippen molar-refractivity contribution in [2.24, 2.45) is 0 Å². The van der Waals surface area contributed by atoms with Gasteiger partial charge in [0.2, 0.25) is 0 Å². The number of aromatic nitrogens is 1. The Bertz CT molecular complexity index is 675. The third-order valence-electron chi connectivity index (χ3n) is 4.43.